The molecule has 1 atom stereocenters. The van der Waals surface area contributed by atoms with Crippen molar-refractivity contribution >= 4 is 23.1 Å². The third kappa shape index (κ3) is 7.76. The van der Waals surface area contributed by atoms with Gasteiger partial charge in [0.1, 0.15) is 17.4 Å². The summed E-state index contributed by atoms with van der Waals surface area (Å²) in [6.45, 7) is 5.99. The molecule has 9 heteroatoms. The molecule has 1 heterocycles. The summed E-state index contributed by atoms with van der Waals surface area (Å²) < 4.78 is 19.3. The molecule has 168 valence electrons. The van der Waals surface area contributed by atoms with Crippen molar-refractivity contribution < 1.29 is 19.0 Å². The molecular formula is C22H29FN4O3S. The molecule has 0 spiro atoms. The van der Waals surface area contributed by atoms with Crippen molar-refractivity contribution in [3.63, 3.8) is 0 Å². The van der Waals surface area contributed by atoms with Crippen LogP contribution in [0.15, 0.2) is 46.8 Å². The molecule has 0 aliphatic heterocycles. The third-order valence-corrected chi connectivity index (χ3v) is 5.32. The Labute approximate surface area is 186 Å². The molecule has 1 unspecified atom stereocenters. The minimum Gasteiger partial charge on any atom is -0.443 e. The molecule has 0 fully saturated rings. The summed E-state index contributed by atoms with van der Waals surface area (Å²) in [6.07, 6.45) is 2.90. The zero-order chi connectivity index (χ0) is 22.8. The number of thiazole rings is 1. The van der Waals surface area contributed by atoms with E-state index >= 15 is 0 Å². The van der Waals surface area contributed by atoms with E-state index in [4.69, 9.17) is 9.84 Å². The van der Waals surface area contributed by atoms with E-state index in [0.29, 0.717) is 42.4 Å². The second-order valence-corrected chi connectivity index (χ2v) is 8.35. The van der Waals surface area contributed by atoms with Crippen LogP contribution in [0.1, 0.15) is 30.2 Å². The zero-order valence-electron chi connectivity index (χ0n) is 18.2. The molecule has 2 rings (SSSR count). The van der Waals surface area contributed by atoms with E-state index < -0.39 is 0 Å². The van der Waals surface area contributed by atoms with Gasteiger partial charge in [0, 0.05) is 43.6 Å². The molecule has 0 aliphatic carbocycles. The van der Waals surface area contributed by atoms with Crippen molar-refractivity contribution in [2.75, 3.05) is 20.2 Å². The summed E-state index contributed by atoms with van der Waals surface area (Å²) in [7, 11) is 1.67. The number of benzene rings is 1. The predicted octanol–water partition coefficient (Wildman–Crippen LogP) is 3.20. The fourth-order valence-electron chi connectivity index (χ4n) is 2.66. The molecule has 1 aromatic heterocycles. The number of aryl methyl sites for hydroxylation is 1. The van der Waals surface area contributed by atoms with Crippen molar-refractivity contribution in [2.45, 2.75) is 33.6 Å². The van der Waals surface area contributed by atoms with Crippen LogP contribution in [0.3, 0.4) is 0 Å². The van der Waals surface area contributed by atoms with Gasteiger partial charge in [-0.3, -0.25) is 4.79 Å². The number of rotatable bonds is 10. The molecular weight excluding hydrogens is 419 g/mol. The average Bonchev–Trinajstić information content (AvgIpc) is 3.16. The molecule has 3 N–H and O–H groups in total. The number of aliphatic imine (C=N–C) groups is 1. The summed E-state index contributed by atoms with van der Waals surface area (Å²) in [5, 5.41) is 15.5. The minimum atomic E-state index is -0.358. The first-order chi connectivity index (χ1) is 14.8. The van der Waals surface area contributed by atoms with Crippen LogP contribution in [0.25, 0.3) is 0 Å². The molecule has 7 nitrogen and oxygen atoms in total. The van der Waals surface area contributed by atoms with Crippen LogP contribution < -0.4 is 15.4 Å². The van der Waals surface area contributed by atoms with Crippen molar-refractivity contribution in [3.05, 3.63) is 57.6 Å². The van der Waals surface area contributed by atoms with Gasteiger partial charge >= 0.3 is 0 Å². The summed E-state index contributed by atoms with van der Waals surface area (Å²) in [6, 6.07) is 5.69. The topological polar surface area (TPSA) is 95.8 Å². The van der Waals surface area contributed by atoms with Crippen molar-refractivity contribution in [3.8, 4) is 5.75 Å². The minimum absolute atomic E-state index is 0.00345. The molecule has 0 radical (unpaired) electrons. The van der Waals surface area contributed by atoms with Gasteiger partial charge in [-0.05, 0) is 44.5 Å². The van der Waals surface area contributed by atoms with Gasteiger partial charge in [-0.2, -0.15) is 4.99 Å². The standard InChI is InChI=1S/C22H29FN4O3S/c1-14(12-19-26-13-15(2)31-19)22(30-18-8-6-17(23)7-9-18)27-20(24-4)16(3)21(29)25-10-5-11-28/h6-9,13-14,24,28H,5,10-12H2,1-4H3,(H,25,29)/b20-16+,27-22+. The maximum atomic E-state index is 13.3. The number of hydrogen-bond acceptors (Lipinski definition) is 7. The Morgan fingerprint density at radius 2 is 2.06 bits per heavy atom. The van der Waals surface area contributed by atoms with E-state index in [2.05, 4.69) is 20.6 Å². The summed E-state index contributed by atoms with van der Waals surface area (Å²) >= 11 is 1.61. The lowest BCUT2D eigenvalue weighted by Crippen LogP contribution is -2.29. The fraction of sp³-hybridized carbons (Fsp3) is 0.409. The maximum absolute atomic E-state index is 13.3. The van der Waals surface area contributed by atoms with Crippen LogP contribution in [-0.4, -0.2) is 42.1 Å². The summed E-state index contributed by atoms with van der Waals surface area (Å²) in [5.74, 6) is 0.397. The average molecular weight is 449 g/mol. The second kappa shape index (κ2) is 12.2. The van der Waals surface area contributed by atoms with Crippen molar-refractivity contribution in [2.24, 2.45) is 10.9 Å². The lowest BCUT2D eigenvalue weighted by molar-refractivity contribution is -0.117. The van der Waals surface area contributed by atoms with E-state index in [9.17, 15) is 9.18 Å². The van der Waals surface area contributed by atoms with Gasteiger partial charge in [0.25, 0.3) is 5.91 Å². The molecule has 0 saturated heterocycles. The van der Waals surface area contributed by atoms with Crippen molar-refractivity contribution in [1.82, 2.24) is 15.6 Å². The lowest BCUT2D eigenvalue weighted by atomic mass is 10.1. The van der Waals surface area contributed by atoms with Crippen LogP contribution in [0.2, 0.25) is 0 Å². The predicted molar refractivity (Wildman–Crippen MR) is 121 cm³/mol. The Hall–Kier alpha value is -2.78. The molecule has 0 bridgehead atoms. The highest BCUT2D eigenvalue weighted by atomic mass is 32.1. The SMILES string of the molecule is CNC(/N=C(/Oc1ccc(F)cc1)C(C)Cc1ncc(C)s1)=C(/C)C(=O)NCCCO. The molecule has 0 aliphatic rings. The van der Waals surface area contributed by atoms with Gasteiger partial charge < -0.3 is 20.5 Å². The Kier molecular flexibility index (Phi) is 9.61. The molecule has 0 saturated carbocycles. The summed E-state index contributed by atoms with van der Waals surface area (Å²) in [5.41, 5.74) is 0.387. The summed E-state index contributed by atoms with van der Waals surface area (Å²) in [4.78, 5) is 22.5. The Bertz CT molecular complexity index is 925. The van der Waals surface area contributed by atoms with Gasteiger partial charge in [-0.1, -0.05) is 6.92 Å². The first-order valence-corrected chi connectivity index (χ1v) is 10.9. The number of hydrogen-bond donors (Lipinski definition) is 3. The quantitative estimate of drug-likeness (QED) is 0.225. The Balaban J connectivity index is 2.32. The fourth-order valence-corrected chi connectivity index (χ4v) is 3.58. The Morgan fingerprint density at radius 3 is 2.65 bits per heavy atom. The van der Waals surface area contributed by atoms with Crippen LogP contribution >= 0.6 is 11.3 Å². The number of carbonyl (C=O) groups is 1. The number of aromatic nitrogens is 1. The van der Waals surface area contributed by atoms with E-state index in [1.807, 2.05) is 20.0 Å². The first kappa shape index (κ1) is 24.5. The van der Waals surface area contributed by atoms with Gasteiger partial charge in [-0.15, -0.1) is 11.3 Å². The zero-order valence-corrected chi connectivity index (χ0v) is 19.1. The van der Waals surface area contributed by atoms with E-state index in [-0.39, 0.29) is 24.2 Å². The number of nitrogens with one attached hydrogen (secondary N) is 2. The highest BCUT2D eigenvalue weighted by Crippen LogP contribution is 2.20. The number of nitrogens with zero attached hydrogens (tertiary/aromatic N) is 2. The van der Waals surface area contributed by atoms with Crippen LogP contribution in [-0.2, 0) is 11.2 Å². The van der Waals surface area contributed by atoms with Gasteiger partial charge in [-0.25, -0.2) is 9.37 Å². The smallest absolute Gasteiger partial charge is 0.250 e. The van der Waals surface area contributed by atoms with Gasteiger partial charge in [0.2, 0.25) is 0 Å². The van der Waals surface area contributed by atoms with E-state index in [1.165, 1.54) is 24.3 Å². The number of ether oxygens (including phenoxy) is 1. The number of halogens is 1. The third-order valence-electron chi connectivity index (χ3n) is 4.38. The number of aliphatic hydroxyl groups excluding tert-OH is 1. The lowest BCUT2D eigenvalue weighted by Gasteiger charge is -2.17. The van der Waals surface area contributed by atoms with Crippen LogP contribution in [0.4, 0.5) is 4.39 Å². The van der Waals surface area contributed by atoms with Gasteiger partial charge in [0.05, 0.1) is 10.6 Å². The molecule has 1 aromatic carbocycles. The number of carbonyl (C=O) groups excluding carboxylic acids is 1. The second-order valence-electron chi connectivity index (χ2n) is 7.03. The monoisotopic (exact) mass is 448 g/mol. The largest absolute Gasteiger partial charge is 0.443 e. The van der Waals surface area contributed by atoms with Crippen LogP contribution in [0, 0.1) is 18.7 Å². The van der Waals surface area contributed by atoms with E-state index in [0.717, 1.165) is 9.88 Å². The first-order valence-electron chi connectivity index (χ1n) is 10.0. The molecule has 2 aromatic rings. The molecule has 31 heavy (non-hydrogen) atoms. The Morgan fingerprint density at radius 1 is 1.35 bits per heavy atom. The maximum Gasteiger partial charge on any atom is 0.250 e. The number of amides is 1. The van der Waals surface area contributed by atoms with Crippen LogP contribution in [0.5, 0.6) is 5.75 Å². The highest BCUT2D eigenvalue weighted by molar-refractivity contribution is 7.11. The number of aliphatic hydroxyl groups is 1. The van der Waals surface area contributed by atoms with Gasteiger partial charge in [0.15, 0.2) is 5.90 Å². The molecule has 1 amide bonds. The van der Waals surface area contributed by atoms with E-state index in [1.54, 1.807) is 25.3 Å². The highest BCUT2D eigenvalue weighted by Gasteiger charge is 2.19. The normalized spacial score (nSPS) is 13.4. The van der Waals surface area contributed by atoms with Crippen molar-refractivity contribution in [1.29, 1.82) is 0 Å².